The fourth-order valence-corrected chi connectivity index (χ4v) is 3.12. The third kappa shape index (κ3) is 1.92. The lowest BCUT2D eigenvalue weighted by Crippen LogP contribution is -2.06. The Labute approximate surface area is 119 Å². The topological polar surface area (TPSA) is 76.7 Å². The maximum Gasteiger partial charge on any atom is 0.304 e. The lowest BCUT2D eigenvalue weighted by molar-refractivity contribution is 0.733. The molecule has 1 fully saturated rings. The number of H-pyrrole nitrogens is 1. The summed E-state index contributed by atoms with van der Waals surface area (Å²) in [5.41, 5.74) is 9.51. The quantitative estimate of drug-likeness (QED) is 0.725. The van der Waals surface area contributed by atoms with Crippen LogP contribution < -0.4 is 10.6 Å². The smallest absolute Gasteiger partial charge is 0.304 e. The van der Waals surface area contributed by atoms with Crippen molar-refractivity contribution < 1.29 is 0 Å². The molecular formula is C14H14N4OS. The highest BCUT2D eigenvalue weighted by molar-refractivity contribution is 7.07. The fraction of sp³-hybridized carbons (Fsp3) is 0.286. The Morgan fingerprint density at radius 2 is 2.30 bits per heavy atom. The number of nitrogens with zero attached hydrogens (tertiary/aromatic N) is 2. The van der Waals surface area contributed by atoms with E-state index < -0.39 is 0 Å². The van der Waals surface area contributed by atoms with Gasteiger partial charge in [-0.1, -0.05) is 11.3 Å². The monoisotopic (exact) mass is 286 g/mol. The van der Waals surface area contributed by atoms with E-state index in [-0.39, 0.29) is 4.87 Å². The summed E-state index contributed by atoms with van der Waals surface area (Å²) in [5, 5.41) is 1.88. The van der Waals surface area contributed by atoms with E-state index in [0.29, 0.717) is 12.5 Å². The van der Waals surface area contributed by atoms with Crippen LogP contribution in [-0.2, 0) is 6.54 Å². The molecule has 0 saturated heterocycles. The fourth-order valence-electron chi connectivity index (χ4n) is 2.55. The van der Waals surface area contributed by atoms with Crippen molar-refractivity contribution in [3.8, 4) is 0 Å². The molecule has 0 bridgehead atoms. The largest absolute Gasteiger partial charge is 0.399 e. The number of aromatic amines is 1. The van der Waals surface area contributed by atoms with Crippen LogP contribution in [0.15, 0.2) is 28.4 Å². The van der Waals surface area contributed by atoms with Crippen LogP contribution >= 0.6 is 11.3 Å². The molecule has 5 nitrogen and oxygen atoms in total. The maximum absolute atomic E-state index is 11.3. The van der Waals surface area contributed by atoms with Crippen molar-refractivity contribution in [1.29, 1.82) is 0 Å². The van der Waals surface area contributed by atoms with Crippen LogP contribution in [0.3, 0.4) is 0 Å². The zero-order valence-corrected chi connectivity index (χ0v) is 11.6. The first-order valence-electron chi connectivity index (χ1n) is 6.63. The van der Waals surface area contributed by atoms with E-state index in [4.69, 9.17) is 10.7 Å². The zero-order chi connectivity index (χ0) is 13.7. The van der Waals surface area contributed by atoms with Crippen LogP contribution in [0.5, 0.6) is 0 Å². The molecule has 1 aromatic carbocycles. The molecule has 6 heteroatoms. The van der Waals surface area contributed by atoms with Gasteiger partial charge in [-0.15, -0.1) is 0 Å². The highest BCUT2D eigenvalue weighted by atomic mass is 32.1. The van der Waals surface area contributed by atoms with Crippen LogP contribution in [0.4, 0.5) is 5.69 Å². The third-order valence-corrected chi connectivity index (χ3v) is 4.36. The number of hydrogen-bond donors (Lipinski definition) is 2. The molecule has 0 unspecified atom stereocenters. The van der Waals surface area contributed by atoms with Crippen LogP contribution in [0.25, 0.3) is 11.0 Å². The molecule has 2 heterocycles. The molecule has 4 rings (SSSR count). The van der Waals surface area contributed by atoms with Gasteiger partial charge in [0.2, 0.25) is 0 Å². The number of nitrogens with one attached hydrogen (secondary N) is 1. The van der Waals surface area contributed by atoms with Crippen molar-refractivity contribution in [1.82, 2.24) is 14.5 Å². The van der Waals surface area contributed by atoms with Gasteiger partial charge < -0.3 is 15.3 Å². The first kappa shape index (κ1) is 11.7. The van der Waals surface area contributed by atoms with Crippen LogP contribution in [0.2, 0.25) is 0 Å². The van der Waals surface area contributed by atoms with Crippen molar-refractivity contribution in [2.45, 2.75) is 25.3 Å². The van der Waals surface area contributed by atoms with Gasteiger partial charge in [-0.25, -0.2) is 4.98 Å². The van der Waals surface area contributed by atoms with E-state index in [1.807, 2.05) is 23.6 Å². The molecule has 0 atom stereocenters. The number of nitrogen functional groups attached to an aromatic ring is 1. The molecule has 1 aliphatic rings. The highest BCUT2D eigenvalue weighted by Gasteiger charge is 2.29. The average Bonchev–Trinajstić information content (AvgIpc) is 3.10. The Kier molecular flexibility index (Phi) is 2.47. The van der Waals surface area contributed by atoms with E-state index in [0.717, 1.165) is 28.2 Å². The molecule has 3 N–H and O–H groups in total. The van der Waals surface area contributed by atoms with E-state index in [1.54, 1.807) is 0 Å². The van der Waals surface area contributed by atoms with Crippen molar-refractivity contribution in [2.75, 3.05) is 5.73 Å². The summed E-state index contributed by atoms with van der Waals surface area (Å²) in [5.74, 6) is 1.66. The standard InChI is InChI=1S/C14H14N4OS/c15-9-3-4-12-11(5-9)17-13(8-1-2-8)18(12)6-10-7-20-14(19)16-10/h3-5,7-8H,1-2,6,15H2,(H,16,19). The summed E-state index contributed by atoms with van der Waals surface area (Å²) in [7, 11) is 0. The Balaban J connectivity index is 1.86. The lowest BCUT2D eigenvalue weighted by Gasteiger charge is -2.07. The molecule has 1 aliphatic carbocycles. The summed E-state index contributed by atoms with van der Waals surface area (Å²) in [6.07, 6.45) is 2.39. The number of thiazole rings is 1. The predicted octanol–water partition coefficient (Wildman–Crippen LogP) is 2.29. The normalized spacial score (nSPS) is 15.0. The van der Waals surface area contributed by atoms with Gasteiger partial charge in [0, 0.05) is 22.7 Å². The number of anilines is 1. The summed E-state index contributed by atoms with van der Waals surface area (Å²) >= 11 is 1.20. The minimum atomic E-state index is -0.0124. The number of hydrogen-bond acceptors (Lipinski definition) is 4. The van der Waals surface area contributed by atoms with Gasteiger partial charge in [0.15, 0.2) is 0 Å². The molecule has 20 heavy (non-hydrogen) atoms. The molecular weight excluding hydrogens is 272 g/mol. The van der Waals surface area contributed by atoms with Crippen molar-refractivity contribution in [2.24, 2.45) is 0 Å². The summed E-state index contributed by atoms with van der Waals surface area (Å²) in [6.45, 7) is 0.658. The second-order valence-corrected chi connectivity index (χ2v) is 6.09. The second-order valence-electron chi connectivity index (χ2n) is 5.25. The number of aromatic nitrogens is 3. The first-order valence-corrected chi connectivity index (χ1v) is 7.51. The number of benzene rings is 1. The molecule has 2 aromatic heterocycles. The second kappa shape index (κ2) is 4.21. The van der Waals surface area contributed by atoms with E-state index in [9.17, 15) is 4.79 Å². The summed E-state index contributed by atoms with van der Waals surface area (Å²) in [4.78, 5) is 18.9. The van der Waals surface area contributed by atoms with Crippen LogP contribution in [-0.4, -0.2) is 14.5 Å². The van der Waals surface area contributed by atoms with Gasteiger partial charge >= 0.3 is 4.87 Å². The van der Waals surface area contributed by atoms with Gasteiger partial charge in [-0.2, -0.15) is 0 Å². The van der Waals surface area contributed by atoms with E-state index in [1.165, 1.54) is 24.2 Å². The molecule has 0 radical (unpaired) electrons. The SMILES string of the molecule is Nc1ccc2c(c1)nc(C1CC1)n2Cc1csc(=O)[nH]1. The first-order chi connectivity index (χ1) is 9.70. The van der Waals surface area contributed by atoms with Crippen LogP contribution in [0.1, 0.15) is 30.3 Å². The van der Waals surface area contributed by atoms with E-state index in [2.05, 4.69) is 9.55 Å². The van der Waals surface area contributed by atoms with Crippen molar-refractivity contribution >= 4 is 28.1 Å². The maximum atomic E-state index is 11.3. The lowest BCUT2D eigenvalue weighted by atomic mass is 10.3. The van der Waals surface area contributed by atoms with Crippen LogP contribution in [0, 0.1) is 0 Å². The molecule has 3 aromatic rings. The molecule has 0 aliphatic heterocycles. The zero-order valence-electron chi connectivity index (χ0n) is 10.8. The van der Waals surface area contributed by atoms with Gasteiger partial charge in [0.25, 0.3) is 0 Å². The van der Waals surface area contributed by atoms with Crippen molar-refractivity contribution in [3.63, 3.8) is 0 Å². The molecule has 0 amide bonds. The van der Waals surface area contributed by atoms with Gasteiger partial charge in [-0.05, 0) is 31.0 Å². The van der Waals surface area contributed by atoms with Gasteiger partial charge in [0.1, 0.15) is 5.82 Å². The number of rotatable bonds is 3. The molecule has 102 valence electrons. The minimum absolute atomic E-state index is 0.0124. The Hall–Kier alpha value is -2.08. The summed E-state index contributed by atoms with van der Waals surface area (Å²) < 4.78 is 2.20. The molecule has 1 saturated carbocycles. The number of imidazole rings is 1. The Morgan fingerprint density at radius 1 is 1.45 bits per heavy atom. The van der Waals surface area contributed by atoms with Crippen molar-refractivity contribution in [3.05, 3.63) is 44.8 Å². The summed E-state index contributed by atoms with van der Waals surface area (Å²) in [6, 6.07) is 5.82. The predicted molar refractivity (Wildman–Crippen MR) is 80.2 cm³/mol. The average molecular weight is 286 g/mol. The van der Waals surface area contributed by atoms with Gasteiger partial charge in [-0.3, -0.25) is 4.79 Å². The Morgan fingerprint density at radius 3 is 3.00 bits per heavy atom. The highest BCUT2D eigenvalue weighted by Crippen LogP contribution is 2.41. The number of fused-ring (bicyclic) bond motifs is 1. The minimum Gasteiger partial charge on any atom is -0.399 e. The van der Waals surface area contributed by atoms with E-state index >= 15 is 0 Å². The number of nitrogens with two attached hydrogens (primary N) is 1. The third-order valence-electron chi connectivity index (χ3n) is 3.64. The Bertz CT molecular complexity index is 840. The molecule has 0 spiro atoms. The van der Waals surface area contributed by atoms with Gasteiger partial charge in [0.05, 0.1) is 17.6 Å².